The van der Waals surface area contributed by atoms with Crippen molar-refractivity contribution >= 4 is 23.0 Å². The molecule has 3 aromatic rings. The van der Waals surface area contributed by atoms with Gasteiger partial charge >= 0.3 is 0 Å². The second-order valence-electron chi connectivity index (χ2n) is 8.60. The summed E-state index contributed by atoms with van der Waals surface area (Å²) in [6.45, 7) is 5.37. The minimum Gasteiger partial charge on any atom is -0.494 e. The van der Waals surface area contributed by atoms with Crippen molar-refractivity contribution in [2.75, 3.05) is 50.1 Å². The van der Waals surface area contributed by atoms with Gasteiger partial charge in [0.2, 0.25) is 0 Å². The van der Waals surface area contributed by atoms with Crippen LogP contribution in [0.4, 0.5) is 15.9 Å². The predicted molar refractivity (Wildman–Crippen MR) is 132 cm³/mol. The average molecular weight is 478 g/mol. The van der Waals surface area contributed by atoms with Crippen LogP contribution >= 0.6 is 0 Å². The first-order chi connectivity index (χ1) is 17.1. The van der Waals surface area contributed by atoms with Crippen LogP contribution in [0.3, 0.4) is 0 Å². The Morgan fingerprint density at radius 1 is 1.14 bits per heavy atom. The van der Waals surface area contributed by atoms with Gasteiger partial charge in [-0.25, -0.2) is 4.39 Å². The van der Waals surface area contributed by atoms with Crippen LogP contribution in [0, 0.1) is 5.82 Å². The number of hydrogen-bond acceptors (Lipinski definition) is 6. The number of hydrogen-bond donors (Lipinski definition) is 3. The number of anilines is 2. The van der Waals surface area contributed by atoms with Crippen LogP contribution in [-0.2, 0) is 16.0 Å². The summed E-state index contributed by atoms with van der Waals surface area (Å²) in [5.41, 5.74) is 3.55. The third kappa shape index (κ3) is 5.87. The molecule has 0 spiro atoms. The smallest absolute Gasteiger partial charge is 0.257 e. The standard InChI is InChI=1S/C26H28FN5O3/c27-19-4-7-22-23(26(33)29-24(22)15-19)17-28-25-16-20(30-31-25)14-18-2-5-21(6-3-18)35-11-1-8-32-9-12-34-13-10-32/h2-7,15-17H,1,8-14H2,(H,29,33)(H2,28,30,31). The average Bonchev–Trinajstić information content (AvgIpc) is 3.44. The van der Waals surface area contributed by atoms with E-state index in [0.717, 1.165) is 56.3 Å². The largest absolute Gasteiger partial charge is 0.494 e. The molecule has 0 unspecified atom stereocenters. The van der Waals surface area contributed by atoms with Gasteiger partial charge in [0.1, 0.15) is 17.4 Å². The van der Waals surface area contributed by atoms with Crippen LogP contribution in [0.1, 0.15) is 23.2 Å². The molecule has 0 atom stereocenters. The van der Waals surface area contributed by atoms with Crippen LogP contribution in [0.25, 0.3) is 5.57 Å². The number of rotatable bonds is 9. The second kappa shape index (κ2) is 10.7. The van der Waals surface area contributed by atoms with E-state index in [1.807, 2.05) is 30.3 Å². The Bertz CT molecular complexity index is 1200. The molecule has 3 heterocycles. The van der Waals surface area contributed by atoms with Crippen molar-refractivity contribution < 1.29 is 18.7 Å². The van der Waals surface area contributed by atoms with Crippen molar-refractivity contribution in [3.05, 3.63) is 77.4 Å². The summed E-state index contributed by atoms with van der Waals surface area (Å²) in [4.78, 5) is 14.6. The van der Waals surface area contributed by atoms with Crippen molar-refractivity contribution in [3.8, 4) is 5.75 Å². The molecule has 0 saturated carbocycles. The van der Waals surface area contributed by atoms with E-state index in [4.69, 9.17) is 9.47 Å². The molecular weight excluding hydrogens is 449 g/mol. The molecule has 0 aliphatic carbocycles. The summed E-state index contributed by atoms with van der Waals surface area (Å²) >= 11 is 0. The Kier molecular flexibility index (Phi) is 7.06. The fourth-order valence-corrected chi connectivity index (χ4v) is 4.20. The zero-order chi connectivity index (χ0) is 24.0. The summed E-state index contributed by atoms with van der Waals surface area (Å²) in [5.74, 6) is 0.860. The number of carbonyl (C=O) groups is 1. The summed E-state index contributed by atoms with van der Waals surface area (Å²) in [6.07, 6.45) is 3.25. The molecule has 8 nitrogen and oxygen atoms in total. The Labute approximate surface area is 203 Å². The van der Waals surface area contributed by atoms with Crippen molar-refractivity contribution in [1.29, 1.82) is 0 Å². The van der Waals surface area contributed by atoms with Crippen molar-refractivity contribution in [2.24, 2.45) is 0 Å². The number of ether oxygens (including phenoxy) is 2. The Hall–Kier alpha value is -3.69. The number of nitrogens with one attached hydrogen (secondary N) is 3. The summed E-state index contributed by atoms with van der Waals surface area (Å²) in [6, 6.07) is 14.2. The van der Waals surface area contributed by atoms with Gasteiger partial charge < -0.3 is 20.1 Å². The van der Waals surface area contributed by atoms with Gasteiger partial charge in [-0.3, -0.25) is 14.8 Å². The van der Waals surface area contributed by atoms with Gasteiger partial charge in [0, 0.05) is 43.9 Å². The van der Waals surface area contributed by atoms with Crippen LogP contribution < -0.4 is 15.4 Å². The first kappa shape index (κ1) is 23.1. The molecule has 1 amide bonds. The lowest BCUT2D eigenvalue weighted by Crippen LogP contribution is -2.37. The third-order valence-corrected chi connectivity index (χ3v) is 6.07. The van der Waals surface area contributed by atoms with Gasteiger partial charge in [-0.1, -0.05) is 12.1 Å². The highest BCUT2D eigenvalue weighted by atomic mass is 19.1. The number of amides is 1. The minimum absolute atomic E-state index is 0.277. The molecule has 5 rings (SSSR count). The molecule has 2 aliphatic heterocycles. The fourth-order valence-electron chi connectivity index (χ4n) is 4.20. The fraction of sp³-hybridized carbons (Fsp3) is 0.308. The van der Waals surface area contributed by atoms with Gasteiger partial charge in [0.15, 0.2) is 0 Å². The Balaban J connectivity index is 1.10. The van der Waals surface area contributed by atoms with Crippen molar-refractivity contribution in [2.45, 2.75) is 12.8 Å². The van der Waals surface area contributed by atoms with Crippen LogP contribution in [-0.4, -0.2) is 60.5 Å². The predicted octanol–water partition coefficient (Wildman–Crippen LogP) is 3.65. The van der Waals surface area contributed by atoms with Crippen molar-refractivity contribution in [1.82, 2.24) is 15.1 Å². The topological polar surface area (TPSA) is 91.5 Å². The van der Waals surface area contributed by atoms with Gasteiger partial charge in [-0.05, 0) is 42.3 Å². The lowest BCUT2D eigenvalue weighted by Gasteiger charge is -2.26. The molecule has 2 aliphatic rings. The number of halogens is 1. The van der Waals surface area contributed by atoms with Gasteiger partial charge in [0.05, 0.1) is 36.8 Å². The number of aromatic amines is 1. The van der Waals surface area contributed by atoms with Gasteiger partial charge in [-0.15, -0.1) is 0 Å². The monoisotopic (exact) mass is 477 g/mol. The summed E-state index contributed by atoms with van der Waals surface area (Å²) in [7, 11) is 0. The highest BCUT2D eigenvalue weighted by molar-refractivity contribution is 6.31. The normalized spacial score (nSPS) is 16.8. The highest BCUT2D eigenvalue weighted by Gasteiger charge is 2.24. The number of fused-ring (bicyclic) bond motifs is 1. The second-order valence-corrected chi connectivity index (χ2v) is 8.60. The highest BCUT2D eigenvalue weighted by Crippen LogP contribution is 2.32. The molecule has 35 heavy (non-hydrogen) atoms. The van der Waals surface area contributed by atoms with E-state index in [9.17, 15) is 9.18 Å². The lowest BCUT2D eigenvalue weighted by atomic mass is 10.1. The van der Waals surface area contributed by atoms with Crippen LogP contribution in [0.2, 0.25) is 0 Å². The Morgan fingerprint density at radius 3 is 2.80 bits per heavy atom. The summed E-state index contributed by atoms with van der Waals surface area (Å²) in [5, 5.41) is 13.0. The number of H-pyrrole nitrogens is 1. The molecule has 1 saturated heterocycles. The zero-order valence-corrected chi connectivity index (χ0v) is 19.4. The van der Waals surface area contributed by atoms with Crippen LogP contribution in [0.5, 0.6) is 5.75 Å². The van der Waals surface area contributed by atoms with Gasteiger partial charge in [-0.2, -0.15) is 5.10 Å². The lowest BCUT2D eigenvalue weighted by molar-refractivity contribution is -0.110. The molecule has 1 fully saturated rings. The van der Waals surface area contributed by atoms with E-state index < -0.39 is 0 Å². The third-order valence-electron chi connectivity index (χ3n) is 6.07. The molecule has 0 bridgehead atoms. The molecule has 1 aromatic heterocycles. The summed E-state index contributed by atoms with van der Waals surface area (Å²) < 4.78 is 24.6. The number of morpholine rings is 1. The maximum Gasteiger partial charge on any atom is 0.257 e. The molecule has 9 heteroatoms. The number of benzene rings is 2. The van der Waals surface area contributed by atoms with Crippen molar-refractivity contribution in [3.63, 3.8) is 0 Å². The van der Waals surface area contributed by atoms with Gasteiger partial charge in [0.25, 0.3) is 5.91 Å². The molecule has 0 radical (unpaired) electrons. The van der Waals surface area contributed by atoms with E-state index in [2.05, 4.69) is 25.7 Å². The first-order valence-corrected chi connectivity index (χ1v) is 11.8. The Morgan fingerprint density at radius 2 is 1.97 bits per heavy atom. The van der Waals surface area contributed by atoms with E-state index in [0.29, 0.717) is 35.7 Å². The van der Waals surface area contributed by atoms with E-state index >= 15 is 0 Å². The molecule has 3 N–H and O–H groups in total. The number of nitrogens with zero attached hydrogens (tertiary/aromatic N) is 2. The molecule has 2 aromatic carbocycles. The first-order valence-electron chi connectivity index (χ1n) is 11.8. The number of aromatic nitrogens is 2. The van der Waals surface area contributed by atoms with E-state index in [-0.39, 0.29) is 11.7 Å². The van der Waals surface area contributed by atoms with E-state index in [1.165, 1.54) is 12.1 Å². The maximum absolute atomic E-state index is 13.4. The molecular formula is C26H28FN5O3. The zero-order valence-electron chi connectivity index (χ0n) is 19.4. The SMILES string of the molecule is O=C1Nc2cc(F)ccc2C1=CNc1cc(Cc2ccc(OCCCN3CCOCC3)cc2)n[nH]1. The minimum atomic E-state index is -0.389. The van der Waals surface area contributed by atoms with Crippen LogP contribution in [0.15, 0.2) is 54.7 Å². The molecule has 182 valence electrons. The quantitative estimate of drug-likeness (QED) is 0.322. The number of carbonyl (C=O) groups excluding carboxylic acids is 1. The maximum atomic E-state index is 13.4. The van der Waals surface area contributed by atoms with E-state index in [1.54, 1.807) is 12.3 Å².